The number of nitrogens with one attached hydrogen (secondary N) is 1. The SMILES string of the molecule is CC(Oc1ccccc1)C(=O)Nc1cccc(C(F)(F)F)c1. The maximum atomic E-state index is 12.6. The van der Waals surface area contributed by atoms with E-state index < -0.39 is 23.8 Å². The molecule has 1 unspecified atom stereocenters. The fraction of sp³-hybridized carbons (Fsp3) is 0.188. The summed E-state index contributed by atoms with van der Waals surface area (Å²) in [6.45, 7) is 1.52. The van der Waals surface area contributed by atoms with Crippen LogP contribution in [-0.4, -0.2) is 12.0 Å². The van der Waals surface area contributed by atoms with Gasteiger partial charge in [-0.25, -0.2) is 0 Å². The molecule has 0 saturated carbocycles. The Balaban J connectivity index is 2.02. The van der Waals surface area contributed by atoms with E-state index in [2.05, 4.69) is 5.32 Å². The van der Waals surface area contributed by atoms with E-state index in [-0.39, 0.29) is 5.69 Å². The van der Waals surface area contributed by atoms with Gasteiger partial charge in [0.2, 0.25) is 0 Å². The Kier molecular flexibility index (Phi) is 4.70. The predicted octanol–water partition coefficient (Wildman–Crippen LogP) is 4.11. The summed E-state index contributed by atoms with van der Waals surface area (Å²) in [4.78, 5) is 12.0. The van der Waals surface area contributed by atoms with E-state index in [0.717, 1.165) is 12.1 Å². The number of rotatable bonds is 4. The number of para-hydroxylation sites is 1. The molecule has 0 aliphatic heterocycles. The lowest BCUT2D eigenvalue weighted by Gasteiger charge is -2.15. The third kappa shape index (κ3) is 4.25. The lowest BCUT2D eigenvalue weighted by atomic mass is 10.2. The summed E-state index contributed by atoms with van der Waals surface area (Å²) in [5.41, 5.74) is -0.745. The quantitative estimate of drug-likeness (QED) is 0.923. The van der Waals surface area contributed by atoms with Gasteiger partial charge in [0.1, 0.15) is 5.75 Å². The van der Waals surface area contributed by atoms with E-state index in [1.807, 2.05) is 0 Å². The minimum absolute atomic E-state index is 0.0725. The number of amides is 1. The number of alkyl halides is 3. The zero-order valence-corrected chi connectivity index (χ0v) is 11.7. The molecule has 116 valence electrons. The molecule has 0 aliphatic carbocycles. The van der Waals surface area contributed by atoms with Crippen molar-refractivity contribution in [2.24, 2.45) is 0 Å². The van der Waals surface area contributed by atoms with Gasteiger partial charge in [-0.2, -0.15) is 13.2 Å². The second-order valence-corrected chi connectivity index (χ2v) is 4.64. The molecule has 2 aromatic rings. The minimum atomic E-state index is -4.45. The van der Waals surface area contributed by atoms with Crippen LogP contribution in [0.3, 0.4) is 0 Å². The molecular weight excluding hydrogens is 295 g/mol. The summed E-state index contributed by atoms with van der Waals surface area (Å²) in [5, 5.41) is 2.41. The van der Waals surface area contributed by atoms with E-state index in [9.17, 15) is 18.0 Å². The molecule has 0 heterocycles. The number of carbonyl (C=O) groups excluding carboxylic acids is 1. The highest BCUT2D eigenvalue weighted by Crippen LogP contribution is 2.30. The van der Waals surface area contributed by atoms with Crippen molar-refractivity contribution in [3.8, 4) is 5.75 Å². The minimum Gasteiger partial charge on any atom is -0.481 e. The smallest absolute Gasteiger partial charge is 0.416 e. The Hall–Kier alpha value is -2.50. The standard InChI is InChI=1S/C16H14F3NO2/c1-11(22-14-8-3-2-4-9-14)15(21)20-13-7-5-6-12(10-13)16(17,18)19/h2-11H,1H3,(H,20,21). The second-order valence-electron chi connectivity index (χ2n) is 4.64. The summed E-state index contributed by atoms with van der Waals surface area (Å²) < 4.78 is 43.3. The number of anilines is 1. The van der Waals surface area contributed by atoms with Gasteiger partial charge in [0.15, 0.2) is 6.10 Å². The van der Waals surface area contributed by atoms with Crippen LogP contribution >= 0.6 is 0 Å². The largest absolute Gasteiger partial charge is 0.481 e. The third-order valence-corrected chi connectivity index (χ3v) is 2.88. The van der Waals surface area contributed by atoms with E-state index in [4.69, 9.17) is 4.74 Å². The number of carbonyl (C=O) groups is 1. The summed E-state index contributed by atoms with van der Waals surface area (Å²) in [6, 6.07) is 13.2. The van der Waals surface area contributed by atoms with Crippen molar-refractivity contribution >= 4 is 11.6 Å². The first-order valence-corrected chi connectivity index (χ1v) is 6.56. The molecule has 0 aliphatic rings. The van der Waals surface area contributed by atoms with Crippen molar-refractivity contribution in [3.63, 3.8) is 0 Å². The molecular formula is C16H14F3NO2. The van der Waals surface area contributed by atoms with Crippen LogP contribution in [0.5, 0.6) is 5.75 Å². The van der Waals surface area contributed by atoms with Crippen LogP contribution in [-0.2, 0) is 11.0 Å². The lowest BCUT2D eigenvalue weighted by Crippen LogP contribution is -2.30. The second kappa shape index (κ2) is 6.51. The van der Waals surface area contributed by atoms with E-state index in [1.54, 1.807) is 30.3 Å². The highest BCUT2D eigenvalue weighted by atomic mass is 19.4. The van der Waals surface area contributed by atoms with Gasteiger partial charge in [-0.1, -0.05) is 24.3 Å². The molecule has 0 radical (unpaired) electrons. The van der Waals surface area contributed by atoms with Gasteiger partial charge in [-0.05, 0) is 37.3 Å². The summed E-state index contributed by atoms with van der Waals surface area (Å²) >= 11 is 0. The Morgan fingerprint density at radius 3 is 2.41 bits per heavy atom. The Bertz CT molecular complexity index is 641. The topological polar surface area (TPSA) is 38.3 Å². The number of halogens is 3. The highest BCUT2D eigenvalue weighted by molar-refractivity contribution is 5.94. The highest BCUT2D eigenvalue weighted by Gasteiger charge is 2.30. The molecule has 22 heavy (non-hydrogen) atoms. The van der Waals surface area contributed by atoms with Crippen molar-refractivity contribution < 1.29 is 22.7 Å². The molecule has 0 spiro atoms. The van der Waals surface area contributed by atoms with Crippen molar-refractivity contribution in [3.05, 3.63) is 60.2 Å². The fourth-order valence-electron chi connectivity index (χ4n) is 1.77. The zero-order valence-electron chi connectivity index (χ0n) is 11.7. The summed E-state index contributed by atoms with van der Waals surface area (Å²) in [7, 11) is 0. The Morgan fingerprint density at radius 2 is 1.77 bits per heavy atom. The lowest BCUT2D eigenvalue weighted by molar-refractivity contribution is -0.137. The average Bonchev–Trinajstić information content (AvgIpc) is 2.47. The maximum absolute atomic E-state index is 12.6. The van der Waals surface area contributed by atoms with Gasteiger partial charge in [-0.15, -0.1) is 0 Å². The van der Waals surface area contributed by atoms with Gasteiger partial charge in [0.25, 0.3) is 5.91 Å². The summed E-state index contributed by atoms with van der Waals surface area (Å²) in [6.07, 6.45) is -5.29. The van der Waals surface area contributed by atoms with Gasteiger partial charge in [-0.3, -0.25) is 4.79 Å². The summed E-state index contributed by atoms with van der Waals surface area (Å²) in [5.74, 6) is -0.0163. The van der Waals surface area contributed by atoms with Crippen LogP contribution in [0.25, 0.3) is 0 Å². The zero-order chi connectivity index (χ0) is 16.2. The van der Waals surface area contributed by atoms with Crippen molar-refractivity contribution in [2.75, 3.05) is 5.32 Å². The molecule has 1 amide bonds. The van der Waals surface area contributed by atoms with Gasteiger partial charge in [0.05, 0.1) is 5.56 Å². The Labute approximate surface area is 125 Å². The van der Waals surface area contributed by atoms with E-state index in [0.29, 0.717) is 5.75 Å². The number of hydrogen-bond acceptors (Lipinski definition) is 2. The van der Waals surface area contributed by atoms with Gasteiger partial charge < -0.3 is 10.1 Å². The van der Waals surface area contributed by atoms with Crippen LogP contribution in [0.2, 0.25) is 0 Å². The molecule has 0 aromatic heterocycles. The monoisotopic (exact) mass is 309 g/mol. The molecule has 2 aromatic carbocycles. The molecule has 0 bridgehead atoms. The van der Waals surface area contributed by atoms with Gasteiger partial charge in [0, 0.05) is 5.69 Å². The van der Waals surface area contributed by atoms with Crippen LogP contribution < -0.4 is 10.1 Å². The first-order chi connectivity index (χ1) is 10.4. The Morgan fingerprint density at radius 1 is 1.09 bits per heavy atom. The molecule has 3 nitrogen and oxygen atoms in total. The number of ether oxygens (including phenoxy) is 1. The van der Waals surface area contributed by atoms with Crippen molar-refractivity contribution in [2.45, 2.75) is 19.2 Å². The first-order valence-electron chi connectivity index (χ1n) is 6.56. The molecule has 1 atom stereocenters. The predicted molar refractivity (Wildman–Crippen MR) is 76.6 cm³/mol. The van der Waals surface area contributed by atoms with Crippen molar-refractivity contribution in [1.82, 2.24) is 0 Å². The maximum Gasteiger partial charge on any atom is 0.416 e. The third-order valence-electron chi connectivity index (χ3n) is 2.88. The first kappa shape index (κ1) is 15.9. The van der Waals surface area contributed by atoms with Crippen LogP contribution in [0.1, 0.15) is 12.5 Å². The van der Waals surface area contributed by atoms with E-state index in [1.165, 1.54) is 19.1 Å². The molecule has 1 N–H and O–H groups in total. The molecule has 0 saturated heterocycles. The van der Waals surface area contributed by atoms with Crippen LogP contribution in [0, 0.1) is 0 Å². The molecule has 2 rings (SSSR count). The van der Waals surface area contributed by atoms with E-state index >= 15 is 0 Å². The van der Waals surface area contributed by atoms with Gasteiger partial charge >= 0.3 is 6.18 Å². The fourth-order valence-corrected chi connectivity index (χ4v) is 1.77. The van der Waals surface area contributed by atoms with Crippen LogP contribution in [0.4, 0.5) is 18.9 Å². The van der Waals surface area contributed by atoms with Crippen molar-refractivity contribution in [1.29, 1.82) is 0 Å². The average molecular weight is 309 g/mol. The van der Waals surface area contributed by atoms with Crippen LogP contribution in [0.15, 0.2) is 54.6 Å². The molecule has 6 heteroatoms. The number of hydrogen-bond donors (Lipinski definition) is 1. The molecule has 0 fully saturated rings. The number of benzene rings is 2. The normalized spacial score (nSPS) is 12.5.